The Hall–Kier alpha value is -1.34. The highest BCUT2D eigenvalue weighted by Gasteiger charge is 2.00. The lowest BCUT2D eigenvalue weighted by Gasteiger charge is -2.05. The Balaban J connectivity index is 0.00000364. The zero-order valence-electron chi connectivity index (χ0n) is 16.1. The van der Waals surface area contributed by atoms with E-state index in [9.17, 15) is 10.2 Å². The van der Waals surface area contributed by atoms with Crippen LogP contribution in [-0.2, 0) is 12.8 Å². The number of phenolic OH excluding ortho intramolecular Hbond substituents is 2. The molecular weight excluding hydrogens is 484 g/mol. The van der Waals surface area contributed by atoms with Gasteiger partial charge in [0.05, 0.1) is 0 Å². The van der Waals surface area contributed by atoms with Crippen LogP contribution in [0.2, 0.25) is 0 Å². The lowest BCUT2D eigenvalue weighted by atomic mass is 10.1. The standard InChI is InChI=1S/C22H30N2O2.2BrH/c25-21-11-10-20(18-22(21)26)13-17-24-15-7-2-1-6-14-23-16-12-19-8-4-3-5-9-19;;/h1-5,8-11,18,23-26H,6-7,12-17H2;2*1H/b2-1+;;. The van der Waals surface area contributed by atoms with Crippen molar-refractivity contribution in [1.29, 1.82) is 0 Å². The van der Waals surface area contributed by atoms with E-state index in [0.717, 1.165) is 57.4 Å². The van der Waals surface area contributed by atoms with Crippen LogP contribution in [0.4, 0.5) is 0 Å². The van der Waals surface area contributed by atoms with Crippen molar-refractivity contribution in [2.45, 2.75) is 25.7 Å². The number of hydrogen-bond acceptors (Lipinski definition) is 4. The topological polar surface area (TPSA) is 64.5 Å². The summed E-state index contributed by atoms with van der Waals surface area (Å²) in [6, 6.07) is 15.5. The molecule has 4 nitrogen and oxygen atoms in total. The maximum absolute atomic E-state index is 9.45. The van der Waals surface area contributed by atoms with Crippen LogP contribution in [0.25, 0.3) is 0 Å². The highest BCUT2D eigenvalue weighted by molar-refractivity contribution is 8.93. The Bertz CT molecular complexity index is 667. The minimum atomic E-state index is -0.0681. The number of halogens is 2. The summed E-state index contributed by atoms with van der Waals surface area (Å²) in [5, 5.41) is 25.6. The van der Waals surface area contributed by atoms with E-state index in [1.54, 1.807) is 6.07 Å². The first kappa shape index (κ1) is 26.7. The van der Waals surface area contributed by atoms with Crippen molar-refractivity contribution in [2.75, 3.05) is 26.2 Å². The Morgan fingerprint density at radius 1 is 0.643 bits per heavy atom. The highest BCUT2D eigenvalue weighted by Crippen LogP contribution is 2.24. The zero-order chi connectivity index (χ0) is 18.5. The summed E-state index contributed by atoms with van der Waals surface area (Å²) < 4.78 is 0. The van der Waals surface area contributed by atoms with Crippen LogP contribution in [0.5, 0.6) is 11.5 Å². The molecule has 0 aliphatic heterocycles. The van der Waals surface area contributed by atoms with Crippen LogP contribution >= 0.6 is 34.0 Å². The fraction of sp³-hybridized carbons (Fsp3) is 0.364. The molecule has 6 heteroatoms. The third-order valence-electron chi connectivity index (χ3n) is 4.21. The molecular formula is C22H32Br2N2O2. The molecule has 2 rings (SSSR count). The summed E-state index contributed by atoms with van der Waals surface area (Å²) in [7, 11) is 0. The molecule has 0 radical (unpaired) electrons. The lowest BCUT2D eigenvalue weighted by molar-refractivity contribution is 0.403. The van der Waals surface area contributed by atoms with Gasteiger partial charge in [-0.15, -0.1) is 34.0 Å². The van der Waals surface area contributed by atoms with Crippen LogP contribution in [0, 0.1) is 0 Å². The molecule has 4 N–H and O–H groups in total. The molecule has 0 bridgehead atoms. The van der Waals surface area contributed by atoms with Crippen LogP contribution < -0.4 is 10.6 Å². The molecule has 0 unspecified atom stereocenters. The fourth-order valence-corrected chi connectivity index (χ4v) is 2.69. The summed E-state index contributed by atoms with van der Waals surface area (Å²) in [5.74, 6) is -0.121. The van der Waals surface area contributed by atoms with E-state index in [4.69, 9.17) is 0 Å². The number of hydrogen-bond donors (Lipinski definition) is 4. The Kier molecular flexibility index (Phi) is 15.8. The zero-order valence-corrected chi connectivity index (χ0v) is 19.6. The van der Waals surface area contributed by atoms with Gasteiger partial charge in [-0.05, 0) is 75.1 Å². The first-order valence-electron chi connectivity index (χ1n) is 9.37. The number of aromatic hydroxyl groups is 2. The Morgan fingerprint density at radius 3 is 1.79 bits per heavy atom. The van der Waals surface area contributed by atoms with E-state index in [1.165, 1.54) is 11.6 Å². The van der Waals surface area contributed by atoms with Crippen molar-refractivity contribution in [3.8, 4) is 11.5 Å². The summed E-state index contributed by atoms with van der Waals surface area (Å²) in [6.07, 6.45) is 8.44. The molecule has 0 aliphatic carbocycles. The first-order valence-corrected chi connectivity index (χ1v) is 9.37. The van der Waals surface area contributed by atoms with Gasteiger partial charge in [-0.2, -0.15) is 0 Å². The van der Waals surface area contributed by atoms with Crippen molar-refractivity contribution in [2.24, 2.45) is 0 Å². The molecule has 0 spiro atoms. The molecule has 0 aromatic heterocycles. The van der Waals surface area contributed by atoms with E-state index >= 15 is 0 Å². The van der Waals surface area contributed by atoms with E-state index in [0.29, 0.717) is 0 Å². The second kappa shape index (κ2) is 16.6. The Morgan fingerprint density at radius 2 is 1.21 bits per heavy atom. The molecule has 156 valence electrons. The van der Waals surface area contributed by atoms with Crippen LogP contribution in [0.3, 0.4) is 0 Å². The van der Waals surface area contributed by atoms with Crippen molar-refractivity contribution in [3.05, 3.63) is 71.8 Å². The maximum Gasteiger partial charge on any atom is 0.157 e. The SMILES string of the molecule is Br.Br.Oc1ccc(CCNCC/C=C/CCNCCc2ccccc2)cc1O. The average molecular weight is 516 g/mol. The molecule has 0 fully saturated rings. The van der Waals surface area contributed by atoms with E-state index in [1.807, 2.05) is 6.07 Å². The lowest BCUT2D eigenvalue weighted by Crippen LogP contribution is -2.18. The molecule has 2 aromatic rings. The van der Waals surface area contributed by atoms with Gasteiger partial charge in [0, 0.05) is 0 Å². The fourth-order valence-electron chi connectivity index (χ4n) is 2.69. The van der Waals surface area contributed by atoms with Crippen molar-refractivity contribution in [1.82, 2.24) is 10.6 Å². The van der Waals surface area contributed by atoms with Gasteiger partial charge < -0.3 is 20.8 Å². The van der Waals surface area contributed by atoms with Crippen LogP contribution in [0.1, 0.15) is 24.0 Å². The highest BCUT2D eigenvalue weighted by atomic mass is 79.9. The number of rotatable bonds is 12. The minimum absolute atomic E-state index is 0. The first-order chi connectivity index (χ1) is 12.8. The van der Waals surface area contributed by atoms with Gasteiger partial charge in [-0.25, -0.2) is 0 Å². The molecule has 0 aliphatic rings. The van der Waals surface area contributed by atoms with Gasteiger partial charge in [0.15, 0.2) is 11.5 Å². The van der Waals surface area contributed by atoms with Gasteiger partial charge in [0.25, 0.3) is 0 Å². The monoisotopic (exact) mass is 514 g/mol. The molecule has 28 heavy (non-hydrogen) atoms. The van der Waals surface area contributed by atoms with Crippen molar-refractivity contribution >= 4 is 34.0 Å². The number of phenols is 2. The summed E-state index contributed by atoms with van der Waals surface area (Å²) in [4.78, 5) is 0. The van der Waals surface area contributed by atoms with Gasteiger partial charge in [-0.3, -0.25) is 0 Å². The van der Waals surface area contributed by atoms with Crippen molar-refractivity contribution in [3.63, 3.8) is 0 Å². The molecule has 0 heterocycles. The van der Waals surface area contributed by atoms with Gasteiger partial charge in [0.1, 0.15) is 0 Å². The van der Waals surface area contributed by atoms with E-state index in [2.05, 4.69) is 53.1 Å². The predicted molar refractivity (Wildman–Crippen MR) is 128 cm³/mol. The average Bonchev–Trinajstić information content (AvgIpc) is 2.66. The van der Waals surface area contributed by atoms with Gasteiger partial charge in [-0.1, -0.05) is 48.6 Å². The van der Waals surface area contributed by atoms with Crippen LogP contribution in [0.15, 0.2) is 60.7 Å². The second-order valence-corrected chi connectivity index (χ2v) is 6.36. The van der Waals surface area contributed by atoms with Crippen LogP contribution in [-0.4, -0.2) is 36.4 Å². The Labute approximate surface area is 189 Å². The molecule has 0 saturated heterocycles. The van der Waals surface area contributed by atoms with E-state index < -0.39 is 0 Å². The second-order valence-electron chi connectivity index (χ2n) is 6.36. The van der Waals surface area contributed by atoms with Gasteiger partial charge >= 0.3 is 0 Å². The summed E-state index contributed by atoms with van der Waals surface area (Å²) in [5.41, 5.74) is 2.40. The number of benzene rings is 2. The third-order valence-corrected chi connectivity index (χ3v) is 4.21. The molecule has 0 amide bonds. The maximum atomic E-state index is 9.45. The summed E-state index contributed by atoms with van der Waals surface area (Å²) in [6.45, 7) is 3.84. The van der Waals surface area contributed by atoms with E-state index in [-0.39, 0.29) is 45.5 Å². The largest absolute Gasteiger partial charge is 0.504 e. The normalized spacial score (nSPS) is 10.4. The molecule has 0 atom stereocenters. The number of nitrogens with one attached hydrogen (secondary N) is 2. The summed E-state index contributed by atoms with van der Waals surface area (Å²) >= 11 is 0. The van der Waals surface area contributed by atoms with Gasteiger partial charge in [0.2, 0.25) is 0 Å². The smallest absolute Gasteiger partial charge is 0.157 e. The molecule has 2 aromatic carbocycles. The minimum Gasteiger partial charge on any atom is -0.504 e. The predicted octanol–water partition coefficient (Wildman–Crippen LogP) is 4.55. The van der Waals surface area contributed by atoms with Crippen molar-refractivity contribution < 1.29 is 10.2 Å². The quantitative estimate of drug-likeness (QED) is 0.190. The third kappa shape index (κ3) is 11.5. The molecule has 0 saturated carbocycles.